The molecule has 0 unspecified atom stereocenters. The average molecular weight is 308 g/mol. The van der Waals surface area contributed by atoms with Gasteiger partial charge >= 0.3 is 0 Å². The number of benzene rings is 1. The van der Waals surface area contributed by atoms with Gasteiger partial charge in [0.05, 0.1) is 12.8 Å². The maximum Gasteiger partial charge on any atom is 0.262 e. The maximum absolute atomic E-state index is 13.0. The Morgan fingerprint density at radius 3 is 2.48 bits per heavy atom. The second kappa shape index (κ2) is 5.88. The maximum atomic E-state index is 13.0. The van der Waals surface area contributed by atoms with Gasteiger partial charge in [0, 0.05) is 23.3 Å². The van der Waals surface area contributed by atoms with Crippen molar-refractivity contribution in [1.82, 2.24) is 9.55 Å². The molecule has 0 radical (unpaired) electrons. The number of hydrogen-bond donors (Lipinski definition) is 0. The first-order valence-corrected chi connectivity index (χ1v) is 7.69. The molecule has 118 valence electrons. The minimum absolute atomic E-state index is 0.0265. The van der Waals surface area contributed by atoms with Crippen LogP contribution in [0.15, 0.2) is 47.5 Å². The largest absolute Gasteiger partial charge is 0.481 e. The van der Waals surface area contributed by atoms with Crippen LogP contribution in [0.3, 0.4) is 0 Å². The summed E-state index contributed by atoms with van der Waals surface area (Å²) in [6.45, 7) is 6.19. The van der Waals surface area contributed by atoms with E-state index in [-0.39, 0.29) is 5.56 Å². The molecule has 0 spiro atoms. The summed E-state index contributed by atoms with van der Waals surface area (Å²) in [7, 11) is 1.59. The number of methoxy groups -OCH3 is 1. The van der Waals surface area contributed by atoms with Gasteiger partial charge < -0.3 is 4.74 Å². The molecule has 3 aromatic rings. The highest BCUT2D eigenvalue weighted by atomic mass is 16.5. The van der Waals surface area contributed by atoms with E-state index in [1.54, 1.807) is 17.9 Å². The van der Waals surface area contributed by atoms with E-state index in [1.165, 1.54) is 0 Å². The number of rotatable bonds is 3. The summed E-state index contributed by atoms with van der Waals surface area (Å²) in [6, 6.07) is 9.61. The Hall–Kier alpha value is -2.62. The van der Waals surface area contributed by atoms with Crippen molar-refractivity contribution >= 4 is 10.8 Å². The second-order valence-electron chi connectivity index (χ2n) is 5.92. The highest BCUT2D eigenvalue weighted by molar-refractivity contribution is 5.85. The van der Waals surface area contributed by atoms with E-state index >= 15 is 0 Å². The Morgan fingerprint density at radius 2 is 1.83 bits per heavy atom. The fourth-order valence-corrected chi connectivity index (χ4v) is 2.93. The highest BCUT2D eigenvalue weighted by Crippen LogP contribution is 2.26. The van der Waals surface area contributed by atoms with Crippen LogP contribution in [0, 0.1) is 6.92 Å². The summed E-state index contributed by atoms with van der Waals surface area (Å²) in [5, 5.41) is 1.75. The minimum Gasteiger partial charge on any atom is -0.481 e. The van der Waals surface area contributed by atoms with Crippen LogP contribution < -0.4 is 10.3 Å². The highest BCUT2D eigenvalue weighted by Gasteiger charge is 2.14. The molecule has 4 heteroatoms. The number of ether oxygens (including phenoxy) is 1. The normalized spacial score (nSPS) is 11.2. The Labute approximate surface area is 135 Å². The lowest BCUT2D eigenvalue weighted by Gasteiger charge is -2.16. The van der Waals surface area contributed by atoms with Gasteiger partial charge in [0.15, 0.2) is 0 Å². The third-order valence-corrected chi connectivity index (χ3v) is 4.16. The topological polar surface area (TPSA) is 44.1 Å². The van der Waals surface area contributed by atoms with Crippen molar-refractivity contribution in [2.75, 3.05) is 7.11 Å². The summed E-state index contributed by atoms with van der Waals surface area (Å²) in [5.74, 6) is 0.851. The molecule has 23 heavy (non-hydrogen) atoms. The quantitative estimate of drug-likeness (QED) is 0.738. The SMILES string of the molecule is COc1nccc(-n2cc(C(C)C)c3ccccc3c2=O)c1C. The molecule has 0 saturated carbocycles. The molecule has 0 bridgehead atoms. The van der Waals surface area contributed by atoms with Crippen LogP contribution in [-0.2, 0) is 0 Å². The van der Waals surface area contributed by atoms with E-state index in [0.29, 0.717) is 11.8 Å². The van der Waals surface area contributed by atoms with Gasteiger partial charge in [-0.3, -0.25) is 9.36 Å². The van der Waals surface area contributed by atoms with Crippen molar-refractivity contribution in [3.8, 4) is 11.6 Å². The van der Waals surface area contributed by atoms with Gasteiger partial charge in [0.2, 0.25) is 5.88 Å². The molecule has 2 heterocycles. The first kappa shape index (κ1) is 15.3. The molecule has 0 saturated heterocycles. The summed E-state index contributed by atoms with van der Waals surface area (Å²) >= 11 is 0. The van der Waals surface area contributed by atoms with Crippen LogP contribution in [0.4, 0.5) is 0 Å². The lowest BCUT2D eigenvalue weighted by Crippen LogP contribution is -2.20. The van der Waals surface area contributed by atoms with Crippen molar-refractivity contribution in [3.05, 3.63) is 64.2 Å². The van der Waals surface area contributed by atoms with Gasteiger partial charge in [-0.25, -0.2) is 4.98 Å². The van der Waals surface area contributed by atoms with E-state index in [0.717, 1.165) is 27.6 Å². The number of hydrogen-bond acceptors (Lipinski definition) is 3. The Balaban J connectivity index is 2.39. The summed E-state index contributed by atoms with van der Waals surface area (Å²) in [4.78, 5) is 17.2. The predicted octanol–water partition coefficient (Wildman–Crippen LogP) is 3.83. The molecule has 3 rings (SSSR count). The molecule has 0 aliphatic heterocycles. The first-order chi connectivity index (χ1) is 11.0. The molecular formula is C19H20N2O2. The van der Waals surface area contributed by atoms with Crippen LogP contribution in [0.1, 0.15) is 30.9 Å². The average Bonchev–Trinajstić information content (AvgIpc) is 2.56. The summed E-state index contributed by atoms with van der Waals surface area (Å²) in [5.41, 5.74) is 2.77. The molecular weight excluding hydrogens is 288 g/mol. The van der Waals surface area contributed by atoms with Crippen LogP contribution in [-0.4, -0.2) is 16.7 Å². The smallest absolute Gasteiger partial charge is 0.262 e. The molecule has 0 atom stereocenters. The van der Waals surface area contributed by atoms with E-state index in [4.69, 9.17) is 4.74 Å². The third-order valence-electron chi connectivity index (χ3n) is 4.16. The fraction of sp³-hybridized carbons (Fsp3) is 0.263. The molecule has 2 aromatic heterocycles. The number of aromatic nitrogens is 2. The molecule has 0 aliphatic carbocycles. The van der Waals surface area contributed by atoms with Gasteiger partial charge in [-0.2, -0.15) is 0 Å². The number of fused-ring (bicyclic) bond motifs is 1. The monoisotopic (exact) mass is 308 g/mol. The van der Waals surface area contributed by atoms with Crippen LogP contribution in [0.5, 0.6) is 5.88 Å². The third kappa shape index (κ3) is 2.50. The van der Waals surface area contributed by atoms with Crippen LogP contribution in [0.2, 0.25) is 0 Å². The predicted molar refractivity (Wildman–Crippen MR) is 92.7 cm³/mol. The van der Waals surface area contributed by atoms with Gasteiger partial charge in [-0.15, -0.1) is 0 Å². The Kier molecular flexibility index (Phi) is 3.90. The fourth-order valence-electron chi connectivity index (χ4n) is 2.93. The van der Waals surface area contributed by atoms with Crippen molar-refractivity contribution in [2.24, 2.45) is 0 Å². The van der Waals surface area contributed by atoms with Crippen molar-refractivity contribution in [1.29, 1.82) is 0 Å². The molecule has 1 aromatic carbocycles. The standard InChI is InChI=1S/C19H20N2O2/c1-12(2)16-11-21(17-9-10-20-18(23-4)13(17)3)19(22)15-8-6-5-7-14(15)16/h5-12H,1-4H3. The van der Waals surface area contributed by atoms with E-state index < -0.39 is 0 Å². The summed E-state index contributed by atoms with van der Waals surface area (Å²) in [6.07, 6.45) is 3.61. The Bertz CT molecular complexity index is 926. The molecule has 4 nitrogen and oxygen atoms in total. The van der Waals surface area contributed by atoms with Gasteiger partial charge in [-0.1, -0.05) is 32.0 Å². The minimum atomic E-state index is -0.0265. The van der Waals surface area contributed by atoms with E-state index in [1.807, 2.05) is 43.5 Å². The summed E-state index contributed by atoms with van der Waals surface area (Å²) < 4.78 is 6.99. The lowest BCUT2D eigenvalue weighted by molar-refractivity contribution is 0.394. The van der Waals surface area contributed by atoms with Crippen molar-refractivity contribution in [2.45, 2.75) is 26.7 Å². The van der Waals surface area contributed by atoms with Crippen molar-refractivity contribution < 1.29 is 4.74 Å². The zero-order valence-corrected chi connectivity index (χ0v) is 13.8. The lowest BCUT2D eigenvalue weighted by atomic mass is 9.98. The Morgan fingerprint density at radius 1 is 1.13 bits per heavy atom. The number of nitrogens with zero attached hydrogens (tertiary/aromatic N) is 2. The zero-order valence-electron chi connectivity index (χ0n) is 13.8. The van der Waals surface area contributed by atoms with Crippen LogP contribution >= 0.6 is 0 Å². The molecule has 0 fully saturated rings. The van der Waals surface area contributed by atoms with E-state index in [9.17, 15) is 4.79 Å². The van der Waals surface area contributed by atoms with Gasteiger partial charge in [0.1, 0.15) is 0 Å². The number of pyridine rings is 2. The van der Waals surface area contributed by atoms with E-state index in [2.05, 4.69) is 18.8 Å². The molecule has 0 N–H and O–H groups in total. The van der Waals surface area contributed by atoms with Crippen LogP contribution in [0.25, 0.3) is 16.5 Å². The van der Waals surface area contributed by atoms with Gasteiger partial charge in [-0.05, 0) is 35.9 Å². The zero-order chi connectivity index (χ0) is 16.6. The molecule has 0 amide bonds. The molecule has 0 aliphatic rings. The first-order valence-electron chi connectivity index (χ1n) is 7.69. The van der Waals surface area contributed by atoms with Crippen molar-refractivity contribution in [3.63, 3.8) is 0 Å². The van der Waals surface area contributed by atoms with Gasteiger partial charge in [0.25, 0.3) is 5.56 Å². The second-order valence-corrected chi connectivity index (χ2v) is 5.92.